The Hall–Kier alpha value is -2.33. The molecule has 33 heavy (non-hydrogen) atoms. The molecule has 1 unspecified atom stereocenters. The summed E-state index contributed by atoms with van der Waals surface area (Å²) in [5, 5.41) is 3.30. The zero-order chi connectivity index (χ0) is 23.4. The van der Waals surface area contributed by atoms with Gasteiger partial charge < -0.3 is 14.8 Å². The maximum Gasteiger partial charge on any atom is 0.261 e. The molecule has 1 amide bonds. The quantitative estimate of drug-likeness (QED) is 0.665. The Morgan fingerprint density at radius 3 is 2.48 bits per heavy atom. The van der Waals surface area contributed by atoms with Gasteiger partial charge in [0.1, 0.15) is 5.75 Å². The van der Waals surface area contributed by atoms with Gasteiger partial charge in [-0.1, -0.05) is 35.9 Å². The number of amides is 1. The zero-order valence-electron chi connectivity index (χ0n) is 18.5. The fourth-order valence-electron chi connectivity index (χ4n) is 3.96. The topological polar surface area (TPSA) is 88.2 Å². The van der Waals surface area contributed by atoms with Crippen molar-refractivity contribution in [3.8, 4) is 5.75 Å². The fourth-order valence-corrected chi connectivity index (χ4v) is 5.07. The molecule has 2 aliphatic heterocycles. The Balaban J connectivity index is 1.37. The third-order valence-electron chi connectivity index (χ3n) is 5.75. The van der Waals surface area contributed by atoms with Crippen molar-refractivity contribution < 1.29 is 22.7 Å². The first kappa shape index (κ1) is 23.8. The van der Waals surface area contributed by atoms with E-state index in [0.29, 0.717) is 23.0 Å². The first-order valence-electron chi connectivity index (χ1n) is 10.9. The SMILES string of the molecule is CS(=O)(=O)N1CCC(C(=O)NCc2ccc(CN3CCOCC3)cc2)Oc2ccc(Cl)cc21. The van der Waals surface area contributed by atoms with E-state index in [-0.39, 0.29) is 18.9 Å². The zero-order valence-corrected chi connectivity index (χ0v) is 20.1. The number of carbonyl (C=O) groups is 1. The Kier molecular flexibility index (Phi) is 7.43. The second-order valence-corrected chi connectivity index (χ2v) is 10.6. The number of hydrogen-bond donors (Lipinski definition) is 1. The van der Waals surface area contributed by atoms with Gasteiger partial charge in [-0.2, -0.15) is 0 Å². The maximum absolute atomic E-state index is 12.8. The van der Waals surface area contributed by atoms with E-state index in [1.807, 2.05) is 12.1 Å². The number of anilines is 1. The number of hydrogen-bond acceptors (Lipinski definition) is 6. The van der Waals surface area contributed by atoms with Crippen molar-refractivity contribution in [1.29, 1.82) is 0 Å². The van der Waals surface area contributed by atoms with Crippen molar-refractivity contribution in [3.05, 3.63) is 58.6 Å². The minimum absolute atomic E-state index is 0.125. The van der Waals surface area contributed by atoms with E-state index in [1.165, 1.54) is 15.9 Å². The highest BCUT2D eigenvalue weighted by atomic mass is 35.5. The van der Waals surface area contributed by atoms with E-state index in [0.717, 1.165) is 44.7 Å². The number of nitrogens with zero attached hydrogens (tertiary/aromatic N) is 2. The number of sulfonamides is 1. The highest BCUT2D eigenvalue weighted by Gasteiger charge is 2.31. The summed E-state index contributed by atoms with van der Waals surface area (Å²) in [7, 11) is -3.55. The van der Waals surface area contributed by atoms with Gasteiger partial charge in [0.15, 0.2) is 6.10 Å². The minimum Gasteiger partial charge on any atom is -0.478 e. The maximum atomic E-state index is 12.8. The Morgan fingerprint density at radius 1 is 1.09 bits per heavy atom. The number of nitrogens with one attached hydrogen (secondary N) is 1. The predicted octanol–water partition coefficient (Wildman–Crippen LogP) is 2.41. The van der Waals surface area contributed by atoms with Crippen molar-refractivity contribution >= 4 is 33.2 Å². The lowest BCUT2D eigenvalue weighted by molar-refractivity contribution is -0.128. The molecule has 0 aliphatic carbocycles. The molecule has 0 saturated carbocycles. The van der Waals surface area contributed by atoms with Crippen LogP contribution >= 0.6 is 11.6 Å². The molecule has 2 aromatic carbocycles. The van der Waals surface area contributed by atoms with Crippen molar-refractivity contribution in [2.45, 2.75) is 25.6 Å². The van der Waals surface area contributed by atoms with Crippen LogP contribution in [0, 0.1) is 0 Å². The number of halogens is 1. The summed E-state index contributed by atoms with van der Waals surface area (Å²) >= 11 is 6.06. The molecule has 1 atom stereocenters. The van der Waals surface area contributed by atoms with Gasteiger partial charge in [-0.25, -0.2) is 8.42 Å². The van der Waals surface area contributed by atoms with Gasteiger partial charge in [0, 0.05) is 44.2 Å². The molecule has 0 aromatic heterocycles. The van der Waals surface area contributed by atoms with Gasteiger partial charge >= 0.3 is 0 Å². The van der Waals surface area contributed by atoms with E-state index in [2.05, 4.69) is 22.3 Å². The van der Waals surface area contributed by atoms with Gasteiger partial charge in [0.25, 0.3) is 5.91 Å². The van der Waals surface area contributed by atoms with Gasteiger partial charge in [-0.05, 0) is 29.3 Å². The van der Waals surface area contributed by atoms with Crippen LogP contribution in [-0.2, 0) is 32.6 Å². The van der Waals surface area contributed by atoms with Gasteiger partial charge in [0.05, 0.1) is 25.2 Å². The van der Waals surface area contributed by atoms with E-state index in [4.69, 9.17) is 21.1 Å². The van der Waals surface area contributed by atoms with Crippen LogP contribution in [-0.4, -0.2) is 64.4 Å². The average Bonchev–Trinajstić information content (AvgIpc) is 2.98. The molecule has 2 aliphatic rings. The van der Waals surface area contributed by atoms with Crippen LogP contribution in [0.5, 0.6) is 5.75 Å². The predicted molar refractivity (Wildman–Crippen MR) is 127 cm³/mol. The second-order valence-electron chi connectivity index (χ2n) is 8.27. The van der Waals surface area contributed by atoms with Crippen LogP contribution in [0.15, 0.2) is 42.5 Å². The van der Waals surface area contributed by atoms with E-state index in [9.17, 15) is 13.2 Å². The smallest absolute Gasteiger partial charge is 0.261 e. The normalized spacial score (nSPS) is 19.3. The first-order chi connectivity index (χ1) is 15.8. The van der Waals surface area contributed by atoms with Crippen molar-refractivity contribution in [2.24, 2.45) is 0 Å². The van der Waals surface area contributed by atoms with Crippen LogP contribution in [0.25, 0.3) is 0 Å². The third-order valence-corrected chi connectivity index (χ3v) is 7.16. The third kappa shape index (κ3) is 6.17. The monoisotopic (exact) mass is 493 g/mol. The van der Waals surface area contributed by atoms with Crippen molar-refractivity contribution in [3.63, 3.8) is 0 Å². The molecule has 2 heterocycles. The summed E-state index contributed by atoms with van der Waals surface area (Å²) in [6.45, 7) is 4.78. The van der Waals surface area contributed by atoms with Crippen LogP contribution in [0.2, 0.25) is 5.02 Å². The summed E-state index contributed by atoms with van der Waals surface area (Å²) in [6.07, 6.45) is 0.544. The summed E-state index contributed by atoms with van der Waals surface area (Å²) in [4.78, 5) is 15.2. The number of carbonyl (C=O) groups excluding carboxylic acids is 1. The molecule has 1 saturated heterocycles. The van der Waals surface area contributed by atoms with E-state index < -0.39 is 16.1 Å². The fraction of sp³-hybridized carbons (Fsp3) is 0.435. The minimum atomic E-state index is -3.55. The van der Waals surface area contributed by atoms with Crippen molar-refractivity contribution in [1.82, 2.24) is 10.2 Å². The molecule has 0 spiro atoms. The average molecular weight is 494 g/mol. The standard InChI is InChI=1S/C23H28ClN3O5S/c1-33(29,30)27-9-8-22(32-21-7-6-19(24)14-20(21)27)23(28)25-15-17-2-4-18(5-3-17)16-26-10-12-31-13-11-26/h2-7,14,22H,8-13,15-16H2,1H3,(H,25,28). The summed E-state index contributed by atoms with van der Waals surface area (Å²) < 4.78 is 37.1. The molecular formula is C23H28ClN3O5S. The lowest BCUT2D eigenvalue weighted by Crippen LogP contribution is -2.39. The van der Waals surface area contributed by atoms with Gasteiger partial charge in [-0.15, -0.1) is 0 Å². The van der Waals surface area contributed by atoms with Gasteiger partial charge in [-0.3, -0.25) is 14.0 Å². The number of ether oxygens (including phenoxy) is 2. The summed E-state index contributed by atoms with van der Waals surface area (Å²) in [5.74, 6) is 0.0265. The number of fused-ring (bicyclic) bond motifs is 1. The molecule has 178 valence electrons. The second kappa shape index (κ2) is 10.3. The van der Waals surface area contributed by atoms with Crippen LogP contribution in [0.4, 0.5) is 5.69 Å². The molecular weight excluding hydrogens is 466 g/mol. The largest absolute Gasteiger partial charge is 0.478 e. The number of morpholine rings is 1. The van der Waals surface area contributed by atoms with Gasteiger partial charge in [0.2, 0.25) is 10.0 Å². The number of benzene rings is 2. The lowest BCUT2D eigenvalue weighted by Gasteiger charge is -2.26. The molecule has 8 nitrogen and oxygen atoms in total. The highest BCUT2D eigenvalue weighted by molar-refractivity contribution is 7.92. The molecule has 0 radical (unpaired) electrons. The molecule has 10 heteroatoms. The molecule has 0 bridgehead atoms. The van der Waals surface area contributed by atoms with Crippen LogP contribution in [0.1, 0.15) is 17.5 Å². The molecule has 4 rings (SSSR count). The van der Waals surface area contributed by atoms with E-state index >= 15 is 0 Å². The van der Waals surface area contributed by atoms with E-state index in [1.54, 1.807) is 12.1 Å². The number of rotatable bonds is 6. The van der Waals surface area contributed by atoms with Crippen LogP contribution < -0.4 is 14.4 Å². The first-order valence-corrected chi connectivity index (χ1v) is 13.1. The Labute approximate surface area is 199 Å². The van der Waals surface area contributed by atoms with Crippen molar-refractivity contribution in [2.75, 3.05) is 43.4 Å². The lowest BCUT2D eigenvalue weighted by atomic mass is 10.1. The summed E-state index contributed by atoms with van der Waals surface area (Å²) in [6, 6.07) is 12.9. The molecule has 2 aromatic rings. The Morgan fingerprint density at radius 2 is 1.79 bits per heavy atom. The molecule has 1 fully saturated rings. The highest BCUT2D eigenvalue weighted by Crippen LogP contribution is 2.36. The summed E-state index contributed by atoms with van der Waals surface area (Å²) in [5.41, 5.74) is 2.54. The Bertz CT molecular complexity index is 1090. The molecule has 1 N–H and O–H groups in total. The van der Waals surface area contributed by atoms with Crippen LogP contribution in [0.3, 0.4) is 0 Å².